The van der Waals surface area contributed by atoms with Crippen molar-refractivity contribution < 1.29 is 14.0 Å². The van der Waals surface area contributed by atoms with E-state index in [0.717, 1.165) is 10.2 Å². The van der Waals surface area contributed by atoms with Crippen LogP contribution in [0.2, 0.25) is 0 Å². The first-order chi connectivity index (χ1) is 11.2. The third-order valence-electron chi connectivity index (χ3n) is 3.16. The van der Waals surface area contributed by atoms with E-state index in [-0.39, 0.29) is 17.6 Å². The predicted octanol–water partition coefficient (Wildman–Crippen LogP) is 2.44. The van der Waals surface area contributed by atoms with Gasteiger partial charge in [0.1, 0.15) is 0 Å². The molecule has 1 aromatic carbocycles. The summed E-state index contributed by atoms with van der Waals surface area (Å²) in [6.07, 6.45) is 2.08. The highest BCUT2D eigenvalue weighted by Gasteiger charge is 2.11. The zero-order valence-electron chi connectivity index (χ0n) is 12.2. The summed E-state index contributed by atoms with van der Waals surface area (Å²) in [5.74, 6) is -0.167. The van der Waals surface area contributed by atoms with E-state index in [0.29, 0.717) is 24.5 Å². The SMILES string of the molecule is O=C(NCCCNC(=O)c1nc2ccccc2s1)c1ccco1. The van der Waals surface area contributed by atoms with Gasteiger partial charge in [-0.25, -0.2) is 4.98 Å². The Balaban J connectivity index is 1.42. The number of benzene rings is 1. The molecule has 0 bridgehead atoms. The molecule has 3 rings (SSSR count). The van der Waals surface area contributed by atoms with Gasteiger partial charge in [0.15, 0.2) is 10.8 Å². The van der Waals surface area contributed by atoms with E-state index < -0.39 is 0 Å². The van der Waals surface area contributed by atoms with Crippen LogP contribution in [0.25, 0.3) is 10.2 Å². The fourth-order valence-electron chi connectivity index (χ4n) is 2.03. The number of para-hydroxylation sites is 1. The van der Waals surface area contributed by atoms with Crippen LogP contribution in [-0.4, -0.2) is 29.9 Å². The number of furan rings is 1. The lowest BCUT2D eigenvalue weighted by molar-refractivity contribution is 0.0925. The van der Waals surface area contributed by atoms with Gasteiger partial charge in [0.2, 0.25) is 0 Å². The quantitative estimate of drug-likeness (QED) is 0.680. The molecule has 0 aliphatic heterocycles. The minimum absolute atomic E-state index is 0.191. The molecule has 23 heavy (non-hydrogen) atoms. The second-order valence-electron chi connectivity index (χ2n) is 4.83. The maximum Gasteiger partial charge on any atom is 0.286 e. The molecule has 0 aliphatic carbocycles. The number of fused-ring (bicyclic) bond motifs is 1. The lowest BCUT2D eigenvalue weighted by atomic mass is 10.3. The van der Waals surface area contributed by atoms with Crippen molar-refractivity contribution in [2.45, 2.75) is 6.42 Å². The Morgan fingerprint density at radius 3 is 2.57 bits per heavy atom. The average molecular weight is 329 g/mol. The van der Waals surface area contributed by atoms with Crippen molar-refractivity contribution in [3.63, 3.8) is 0 Å². The Bertz CT molecular complexity index is 778. The first-order valence-electron chi connectivity index (χ1n) is 7.19. The Hall–Kier alpha value is -2.67. The second-order valence-corrected chi connectivity index (χ2v) is 5.86. The van der Waals surface area contributed by atoms with Crippen molar-refractivity contribution in [2.75, 3.05) is 13.1 Å². The molecule has 0 fully saturated rings. The van der Waals surface area contributed by atoms with Crippen molar-refractivity contribution in [2.24, 2.45) is 0 Å². The van der Waals surface area contributed by atoms with Crippen LogP contribution in [-0.2, 0) is 0 Å². The molecule has 2 amide bonds. The number of carbonyl (C=O) groups is 2. The maximum atomic E-state index is 12.0. The lowest BCUT2D eigenvalue weighted by Crippen LogP contribution is -2.29. The molecular weight excluding hydrogens is 314 g/mol. The first kappa shape index (κ1) is 15.2. The molecule has 0 spiro atoms. The highest BCUT2D eigenvalue weighted by atomic mass is 32.1. The Morgan fingerprint density at radius 1 is 1.04 bits per heavy atom. The monoisotopic (exact) mass is 329 g/mol. The second kappa shape index (κ2) is 7.06. The van der Waals surface area contributed by atoms with Crippen molar-refractivity contribution in [3.8, 4) is 0 Å². The lowest BCUT2D eigenvalue weighted by Gasteiger charge is -2.04. The van der Waals surface area contributed by atoms with E-state index in [1.54, 1.807) is 12.1 Å². The average Bonchev–Trinajstić information content (AvgIpc) is 3.23. The Kier molecular flexibility index (Phi) is 4.68. The van der Waals surface area contributed by atoms with E-state index in [2.05, 4.69) is 15.6 Å². The molecular formula is C16H15N3O3S. The van der Waals surface area contributed by atoms with Crippen LogP contribution in [0.3, 0.4) is 0 Å². The molecule has 0 atom stereocenters. The zero-order valence-corrected chi connectivity index (χ0v) is 13.1. The summed E-state index contributed by atoms with van der Waals surface area (Å²) in [4.78, 5) is 28.0. The molecule has 0 aliphatic rings. The predicted molar refractivity (Wildman–Crippen MR) is 87.6 cm³/mol. The van der Waals surface area contributed by atoms with Crippen molar-refractivity contribution in [1.82, 2.24) is 15.6 Å². The summed E-state index contributed by atoms with van der Waals surface area (Å²) in [7, 11) is 0. The summed E-state index contributed by atoms with van der Waals surface area (Å²) in [5, 5.41) is 5.98. The van der Waals surface area contributed by atoms with Gasteiger partial charge in [-0.05, 0) is 30.7 Å². The molecule has 6 nitrogen and oxygen atoms in total. The molecule has 2 heterocycles. The topological polar surface area (TPSA) is 84.2 Å². The third kappa shape index (κ3) is 3.75. The van der Waals surface area contributed by atoms with Crippen molar-refractivity contribution >= 4 is 33.4 Å². The Morgan fingerprint density at radius 2 is 1.83 bits per heavy atom. The molecule has 0 saturated carbocycles. The summed E-state index contributed by atoms with van der Waals surface area (Å²) in [5.41, 5.74) is 0.827. The molecule has 118 valence electrons. The van der Waals surface area contributed by atoms with Crippen molar-refractivity contribution in [1.29, 1.82) is 0 Å². The fourth-order valence-corrected chi connectivity index (χ4v) is 2.91. The van der Waals surface area contributed by atoms with Gasteiger partial charge in [-0.15, -0.1) is 11.3 Å². The van der Waals surface area contributed by atoms with Gasteiger partial charge >= 0.3 is 0 Å². The van der Waals surface area contributed by atoms with Crippen LogP contribution in [0.15, 0.2) is 47.1 Å². The van der Waals surface area contributed by atoms with Gasteiger partial charge in [-0.1, -0.05) is 12.1 Å². The number of nitrogens with one attached hydrogen (secondary N) is 2. The van der Waals surface area contributed by atoms with Crippen molar-refractivity contribution in [3.05, 3.63) is 53.4 Å². The van der Waals surface area contributed by atoms with Gasteiger partial charge in [0, 0.05) is 13.1 Å². The number of hydrogen-bond acceptors (Lipinski definition) is 5. The molecule has 0 unspecified atom stereocenters. The minimum Gasteiger partial charge on any atom is -0.459 e. The highest BCUT2D eigenvalue weighted by Crippen LogP contribution is 2.21. The van der Waals surface area contributed by atoms with E-state index in [9.17, 15) is 9.59 Å². The molecule has 2 aromatic heterocycles. The number of thiazole rings is 1. The van der Waals surface area contributed by atoms with Gasteiger partial charge in [-0.2, -0.15) is 0 Å². The summed E-state index contributed by atoms with van der Waals surface area (Å²) in [6.45, 7) is 0.923. The molecule has 3 aromatic rings. The number of hydrogen-bond donors (Lipinski definition) is 2. The largest absolute Gasteiger partial charge is 0.459 e. The van der Waals surface area contributed by atoms with Crippen LogP contribution in [0.1, 0.15) is 26.8 Å². The third-order valence-corrected chi connectivity index (χ3v) is 4.19. The number of nitrogens with zero attached hydrogens (tertiary/aromatic N) is 1. The van der Waals surface area contributed by atoms with E-state index >= 15 is 0 Å². The van der Waals surface area contributed by atoms with Crippen LogP contribution in [0.4, 0.5) is 0 Å². The summed E-state index contributed by atoms with van der Waals surface area (Å²) in [6, 6.07) is 10.9. The number of rotatable bonds is 6. The number of amides is 2. The van der Waals surface area contributed by atoms with Gasteiger partial charge in [-0.3, -0.25) is 9.59 Å². The fraction of sp³-hybridized carbons (Fsp3) is 0.188. The highest BCUT2D eigenvalue weighted by molar-refractivity contribution is 7.20. The molecule has 2 N–H and O–H groups in total. The van der Waals surface area contributed by atoms with E-state index in [1.165, 1.54) is 17.6 Å². The summed E-state index contributed by atoms with van der Waals surface area (Å²) >= 11 is 1.37. The standard InChI is InChI=1S/C16H15N3O3S/c20-14(12-6-3-10-22-12)17-8-4-9-18-15(21)16-19-11-5-1-2-7-13(11)23-16/h1-3,5-7,10H,4,8-9H2,(H,17,20)(H,18,21). The first-order valence-corrected chi connectivity index (χ1v) is 8.01. The number of aromatic nitrogens is 1. The number of carbonyl (C=O) groups excluding carboxylic acids is 2. The van der Waals surface area contributed by atoms with Crippen LogP contribution >= 0.6 is 11.3 Å². The van der Waals surface area contributed by atoms with Gasteiger partial charge in [0.05, 0.1) is 16.5 Å². The van der Waals surface area contributed by atoms with E-state index in [1.807, 2.05) is 24.3 Å². The van der Waals surface area contributed by atoms with Gasteiger partial charge in [0.25, 0.3) is 11.8 Å². The molecule has 0 saturated heterocycles. The molecule has 0 radical (unpaired) electrons. The van der Waals surface area contributed by atoms with E-state index in [4.69, 9.17) is 4.42 Å². The molecule has 7 heteroatoms. The van der Waals surface area contributed by atoms with Gasteiger partial charge < -0.3 is 15.1 Å². The normalized spacial score (nSPS) is 10.6. The summed E-state index contributed by atoms with van der Waals surface area (Å²) < 4.78 is 5.98. The minimum atomic E-state index is -0.257. The van der Waals surface area contributed by atoms with Crippen LogP contribution in [0.5, 0.6) is 0 Å². The maximum absolute atomic E-state index is 12.0. The zero-order chi connectivity index (χ0) is 16.1. The van der Waals surface area contributed by atoms with Crippen LogP contribution in [0, 0.1) is 0 Å². The Labute approximate surface area is 136 Å². The van der Waals surface area contributed by atoms with Crippen LogP contribution < -0.4 is 10.6 Å². The smallest absolute Gasteiger partial charge is 0.286 e.